The first-order valence-corrected chi connectivity index (χ1v) is 11.5. The molecule has 0 saturated heterocycles. The van der Waals surface area contributed by atoms with E-state index in [1.807, 2.05) is 24.3 Å². The number of sulfone groups is 1. The number of esters is 1. The minimum absolute atomic E-state index is 0.0186. The summed E-state index contributed by atoms with van der Waals surface area (Å²) in [5.74, 6) is -1.11. The van der Waals surface area contributed by atoms with Crippen molar-refractivity contribution in [1.29, 1.82) is 0 Å². The Labute approximate surface area is 174 Å². The maximum Gasteiger partial charge on any atom is 0.316 e. The molecule has 10 heteroatoms. The molecule has 1 N–H and O–H groups in total. The van der Waals surface area contributed by atoms with Crippen LogP contribution in [0.3, 0.4) is 0 Å². The summed E-state index contributed by atoms with van der Waals surface area (Å²) in [6.45, 7) is -0.501. The Balaban J connectivity index is 1.85. The van der Waals surface area contributed by atoms with Crippen molar-refractivity contribution in [2.45, 2.75) is 9.79 Å². The van der Waals surface area contributed by atoms with Crippen LogP contribution in [0.15, 0.2) is 56.7 Å². The van der Waals surface area contributed by atoms with E-state index in [0.29, 0.717) is 0 Å². The summed E-state index contributed by atoms with van der Waals surface area (Å²) in [6, 6.07) is 11.4. The van der Waals surface area contributed by atoms with Crippen LogP contribution in [0.4, 0.5) is 5.69 Å². The van der Waals surface area contributed by atoms with E-state index < -0.39 is 28.3 Å². The van der Waals surface area contributed by atoms with Gasteiger partial charge in [0, 0.05) is 15.6 Å². The number of amides is 1. The van der Waals surface area contributed by atoms with E-state index in [-0.39, 0.29) is 21.4 Å². The summed E-state index contributed by atoms with van der Waals surface area (Å²) in [6.07, 6.45) is 1.05. The quantitative estimate of drug-likeness (QED) is 0.467. The van der Waals surface area contributed by atoms with Crippen LogP contribution in [0, 0.1) is 0 Å². The number of anilines is 1. The van der Waals surface area contributed by atoms with Crippen molar-refractivity contribution < 1.29 is 22.7 Å². The molecule has 2 aromatic rings. The normalized spacial score (nSPS) is 11.1. The number of rotatable bonds is 7. The predicted molar refractivity (Wildman–Crippen MR) is 109 cm³/mol. The highest BCUT2D eigenvalue weighted by Crippen LogP contribution is 2.25. The fourth-order valence-electron chi connectivity index (χ4n) is 1.88. The molecule has 0 heterocycles. The van der Waals surface area contributed by atoms with Crippen LogP contribution >= 0.6 is 39.3 Å². The maximum absolute atomic E-state index is 11.9. The van der Waals surface area contributed by atoms with Crippen molar-refractivity contribution in [3.05, 3.63) is 52.0 Å². The molecule has 0 atom stereocenters. The number of nitrogens with one attached hydrogen (secondary N) is 1. The third-order valence-corrected chi connectivity index (χ3v) is 6.13. The third kappa shape index (κ3) is 7.17. The van der Waals surface area contributed by atoms with Gasteiger partial charge in [-0.15, -0.1) is 11.8 Å². The molecule has 144 valence electrons. The van der Waals surface area contributed by atoms with Crippen LogP contribution in [-0.4, -0.2) is 38.9 Å². The zero-order chi connectivity index (χ0) is 20.0. The van der Waals surface area contributed by atoms with Crippen molar-refractivity contribution in [2.24, 2.45) is 0 Å². The monoisotopic (exact) mass is 491 g/mol. The van der Waals surface area contributed by atoms with Gasteiger partial charge in [-0.3, -0.25) is 9.59 Å². The molecular weight excluding hydrogens is 478 g/mol. The second-order valence-corrected chi connectivity index (χ2v) is 9.75. The summed E-state index contributed by atoms with van der Waals surface area (Å²) in [7, 11) is -3.44. The van der Waals surface area contributed by atoms with Crippen LogP contribution < -0.4 is 5.32 Å². The topological polar surface area (TPSA) is 89.5 Å². The summed E-state index contributed by atoms with van der Waals surface area (Å²) >= 11 is 10.6. The van der Waals surface area contributed by atoms with Crippen LogP contribution in [-0.2, 0) is 24.2 Å². The number of thioether (sulfide) groups is 1. The Bertz CT molecular complexity index is 948. The number of halogens is 2. The van der Waals surface area contributed by atoms with Gasteiger partial charge in [0.15, 0.2) is 16.4 Å². The Morgan fingerprint density at radius 1 is 1.19 bits per heavy atom. The first-order valence-electron chi connectivity index (χ1n) is 7.48. The highest BCUT2D eigenvalue weighted by molar-refractivity contribution is 9.10. The Hall–Kier alpha value is -1.55. The second kappa shape index (κ2) is 9.59. The van der Waals surface area contributed by atoms with E-state index in [0.717, 1.165) is 15.6 Å². The SMILES string of the molecule is CS(=O)(=O)c1ccc(Cl)c(NC(=O)COC(=O)CSc2ccc(Br)cc2)c1. The highest BCUT2D eigenvalue weighted by atomic mass is 79.9. The third-order valence-electron chi connectivity index (χ3n) is 3.17. The van der Waals surface area contributed by atoms with Crippen molar-refractivity contribution in [1.82, 2.24) is 0 Å². The first kappa shape index (κ1) is 21.7. The number of hydrogen-bond donors (Lipinski definition) is 1. The van der Waals surface area contributed by atoms with Gasteiger partial charge in [-0.2, -0.15) is 0 Å². The Morgan fingerprint density at radius 3 is 2.48 bits per heavy atom. The van der Waals surface area contributed by atoms with Crippen LogP contribution in [0.2, 0.25) is 5.02 Å². The van der Waals surface area contributed by atoms with Gasteiger partial charge < -0.3 is 10.1 Å². The van der Waals surface area contributed by atoms with Gasteiger partial charge in [0.1, 0.15) is 0 Å². The molecule has 2 aromatic carbocycles. The van der Waals surface area contributed by atoms with Gasteiger partial charge in [-0.25, -0.2) is 8.42 Å². The van der Waals surface area contributed by atoms with Gasteiger partial charge in [0.05, 0.1) is 21.4 Å². The standard InChI is InChI=1S/C17H15BrClNO5S2/c1-27(23,24)13-6-7-14(19)15(8-13)20-16(21)9-25-17(22)10-26-12-4-2-11(18)3-5-12/h2-8H,9-10H2,1H3,(H,20,21). The van der Waals surface area contributed by atoms with Crippen LogP contribution in [0.25, 0.3) is 0 Å². The largest absolute Gasteiger partial charge is 0.455 e. The smallest absolute Gasteiger partial charge is 0.316 e. The van der Waals surface area contributed by atoms with Gasteiger partial charge in [-0.1, -0.05) is 27.5 Å². The lowest BCUT2D eigenvalue weighted by molar-refractivity contribution is -0.144. The molecule has 0 spiro atoms. The average molecular weight is 493 g/mol. The van der Waals surface area contributed by atoms with Crippen LogP contribution in [0.1, 0.15) is 0 Å². The van der Waals surface area contributed by atoms with Crippen molar-refractivity contribution in [3.8, 4) is 0 Å². The molecule has 0 unspecified atom stereocenters. The molecule has 1 amide bonds. The molecule has 0 fully saturated rings. The first-order chi connectivity index (χ1) is 12.6. The zero-order valence-corrected chi connectivity index (χ0v) is 18.0. The average Bonchev–Trinajstić information content (AvgIpc) is 2.60. The number of carbonyl (C=O) groups excluding carboxylic acids is 2. The van der Waals surface area contributed by atoms with E-state index in [1.54, 1.807) is 0 Å². The zero-order valence-electron chi connectivity index (χ0n) is 14.1. The summed E-state index contributed by atoms with van der Waals surface area (Å²) in [5.41, 5.74) is 0.130. The highest BCUT2D eigenvalue weighted by Gasteiger charge is 2.14. The molecule has 0 aliphatic carbocycles. The summed E-state index contributed by atoms with van der Waals surface area (Å²) in [4.78, 5) is 24.6. The lowest BCUT2D eigenvalue weighted by Crippen LogP contribution is -2.22. The van der Waals surface area contributed by atoms with Crippen molar-refractivity contribution in [2.75, 3.05) is 23.9 Å². The predicted octanol–water partition coefficient (Wildman–Crippen LogP) is 3.78. The van der Waals surface area contributed by atoms with Crippen molar-refractivity contribution >= 4 is 66.7 Å². The molecule has 2 rings (SSSR count). The molecule has 0 aliphatic rings. The van der Waals surface area contributed by atoms with Gasteiger partial charge >= 0.3 is 5.97 Å². The lowest BCUT2D eigenvalue weighted by Gasteiger charge is -2.09. The maximum atomic E-state index is 11.9. The van der Waals surface area contributed by atoms with Crippen molar-refractivity contribution in [3.63, 3.8) is 0 Å². The molecule has 0 saturated carbocycles. The molecule has 0 radical (unpaired) electrons. The number of benzene rings is 2. The van der Waals surface area contributed by atoms with Gasteiger partial charge in [0.25, 0.3) is 5.91 Å². The molecule has 27 heavy (non-hydrogen) atoms. The number of ether oxygens (including phenoxy) is 1. The van der Waals surface area contributed by atoms with Crippen LogP contribution in [0.5, 0.6) is 0 Å². The summed E-state index contributed by atoms with van der Waals surface area (Å²) in [5, 5.41) is 2.61. The molecule has 6 nitrogen and oxygen atoms in total. The number of hydrogen-bond acceptors (Lipinski definition) is 6. The van der Waals surface area contributed by atoms with E-state index in [9.17, 15) is 18.0 Å². The fraction of sp³-hybridized carbons (Fsp3) is 0.176. The Kier molecular flexibility index (Phi) is 7.72. The fourth-order valence-corrected chi connectivity index (χ4v) is 3.65. The summed E-state index contributed by atoms with van der Waals surface area (Å²) < 4.78 is 29.0. The van der Waals surface area contributed by atoms with Gasteiger partial charge in [0.2, 0.25) is 0 Å². The molecule has 0 aliphatic heterocycles. The lowest BCUT2D eigenvalue weighted by atomic mass is 10.3. The molecule has 0 bridgehead atoms. The van der Waals surface area contributed by atoms with E-state index in [2.05, 4.69) is 21.2 Å². The molecule has 0 aromatic heterocycles. The number of carbonyl (C=O) groups is 2. The van der Waals surface area contributed by atoms with Gasteiger partial charge in [-0.05, 0) is 42.5 Å². The van der Waals surface area contributed by atoms with E-state index in [1.165, 1.54) is 30.0 Å². The van der Waals surface area contributed by atoms with E-state index >= 15 is 0 Å². The minimum atomic E-state index is -3.44. The second-order valence-electron chi connectivity index (χ2n) is 5.37. The molecular formula is C17H15BrClNO5S2. The van der Waals surface area contributed by atoms with E-state index in [4.69, 9.17) is 16.3 Å². The minimum Gasteiger partial charge on any atom is -0.455 e. The Morgan fingerprint density at radius 2 is 1.85 bits per heavy atom.